The Hall–Kier alpha value is -2.08. The molecule has 0 fully saturated rings. The topological polar surface area (TPSA) is 95.3 Å². The van der Waals surface area contributed by atoms with E-state index in [4.69, 9.17) is 4.42 Å². The number of aromatic nitrogens is 1. The Morgan fingerprint density at radius 1 is 1.47 bits per heavy atom. The number of rotatable bonds is 4. The lowest BCUT2D eigenvalue weighted by Gasteiger charge is -2.16. The summed E-state index contributed by atoms with van der Waals surface area (Å²) in [5.41, 5.74) is 0.703. The summed E-state index contributed by atoms with van der Waals surface area (Å²) in [6.45, 7) is 3.27. The van der Waals surface area contributed by atoms with Crippen molar-refractivity contribution in [1.29, 1.82) is 0 Å². The molecule has 0 aliphatic carbocycles. The minimum absolute atomic E-state index is 0.406. The Bertz CT molecular complexity index is 648. The molecule has 2 aromatic rings. The molecule has 0 aliphatic heterocycles. The molecule has 0 spiro atoms. The van der Waals surface area contributed by atoms with Crippen LogP contribution in [0.2, 0.25) is 0 Å². The highest BCUT2D eigenvalue weighted by Gasteiger charge is 2.22. The fourth-order valence-corrected chi connectivity index (χ4v) is 1.68. The number of aliphatic hydroxyl groups is 1. The summed E-state index contributed by atoms with van der Waals surface area (Å²) in [7, 11) is 0. The predicted octanol–water partition coefficient (Wildman–Crippen LogP) is 0.551. The van der Waals surface area contributed by atoms with Crippen molar-refractivity contribution in [2.24, 2.45) is 0 Å². The van der Waals surface area contributed by atoms with Gasteiger partial charge in [-0.15, -0.1) is 0 Å². The van der Waals surface area contributed by atoms with Crippen molar-refractivity contribution < 1.29 is 14.3 Å². The highest BCUT2D eigenvalue weighted by Crippen LogP contribution is 2.12. The van der Waals surface area contributed by atoms with E-state index in [1.54, 1.807) is 12.1 Å². The highest BCUT2D eigenvalue weighted by molar-refractivity contribution is 5.83. The number of aromatic amines is 1. The van der Waals surface area contributed by atoms with E-state index in [0.717, 1.165) is 5.56 Å². The number of oxazole rings is 1. The molecule has 0 saturated heterocycles. The Morgan fingerprint density at radius 2 is 2.21 bits per heavy atom. The molecular weight excluding hydrogens is 248 g/mol. The Labute approximate surface area is 109 Å². The highest BCUT2D eigenvalue weighted by atomic mass is 16.4. The standard InChI is InChI=1S/C13H16N2O4/c1-13(2,18)11(16)14-6-5-8-3-4-9-10(7-8)19-12(17)15-9/h3-4,7,18H,5-6H2,1-2H3,(H,14,16)(H,15,17). The van der Waals surface area contributed by atoms with Gasteiger partial charge in [-0.05, 0) is 38.0 Å². The fourth-order valence-electron chi connectivity index (χ4n) is 1.68. The second kappa shape index (κ2) is 4.89. The molecule has 1 heterocycles. The fraction of sp³-hybridized carbons (Fsp3) is 0.385. The molecule has 19 heavy (non-hydrogen) atoms. The second-order valence-corrected chi connectivity index (χ2v) is 4.91. The molecule has 0 bridgehead atoms. The van der Waals surface area contributed by atoms with Crippen molar-refractivity contribution in [3.63, 3.8) is 0 Å². The van der Waals surface area contributed by atoms with Gasteiger partial charge in [0, 0.05) is 6.54 Å². The van der Waals surface area contributed by atoms with Crippen LogP contribution >= 0.6 is 0 Å². The number of benzene rings is 1. The average molecular weight is 264 g/mol. The zero-order valence-electron chi connectivity index (χ0n) is 10.8. The summed E-state index contributed by atoms with van der Waals surface area (Å²) in [6, 6.07) is 5.36. The monoisotopic (exact) mass is 264 g/mol. The largest absolute Gasteiger partial charge is 0.417 e. The molecule has 1 amide bonds. The van der Waals surface area contributed by atoms with Crippen molar-refractivity contribution in [3.05, 3.63) is 34.3 Å². The molecule has 0 radical (unpaired) electrons. The van der Waals surface area contributed by atoms with Crippen LogP contribution in [-0.2, 0) is 11.2 Å². The van der Waals surface area contributed by atoms with Gasteiger partial charge in [-0.25, -0.2) is 4.79 Å². The SMILES string of the molecule is CC(C)(O)C(=O)NCCc1ccc2[nH]c(=O)oc2c1. The van der Waals surface area contributed by atoms with Crippen LogP contribution in [0.3, 0.4) is 0 Å². The number of nitrogens with one attached hydrogen (secondary N) is 2. The minimum atomic E-state index is -1.38. The van der Waals surface area contributed by atoms with Crippen LogP contribution in [0.5, 0.6) is 0 Å². The molecule has 3 N–H and O–H groups in total. The van der Waals surface area contributed by atoms with Gasteiger partial charge >= 0.3 is 5.76 Å². The molecule has 1 aromatic carbocycles. The number of carbonyl (C=O) groups is 1. The third-order valence-corrected chi connectivity index (χ3v) is 2.74. The van der Waals surface area contributed by atoms with Gasteiger partial charge in [0.2, 0.25) is 0 Å². The number of H-pyrrole nitrogens is 1. The van der Waals surface area contributed by atoms with Gasteiger partial charge in [-0.1, -0.05) is 6.07 Å². The number of fused-ring (bicyclic) bond motifs is 1. The van der Waals surface area contributed by atoms with Crippen LogP contribution in [0.15, 0.2) is 27.4 Å². The van der Waals surface area contributed by atoms with Gasteiger partial charge in [0.15, 0.2) is 5.58 Å². The summed E-state index contributed by atoms with van der Waals surface area (Å²) in [6.07, 6.45) is 0.590. The lowest BCUT2D eigenvalue weighted by atomic mass is 10.1. The molecule has 0 atom stereocenters. The average Bonchev–Trinajstić information content (AvgIpc) is 2.67. The van der Waals surface area contributed by atoms with Crippen molar-refractivity contribution in [3.8, 4) is 0 Å². The molecule has 6 nitrogen and oxygen atoms in total. The summed E-state index contributed by atoms with van der Waals surface area (Å²) < 4.78 is 4.95. The maximum absolute atomic E-state index is 11.4. The molecule has 1 aromatic heterocycles. The first-order valence-corrected chi connectivity index (χ1v) is 5.99. The summed E-state index contributed by atoms with van der Waals surface area (Å²) in [5, 5.41) is 12.1. The summed E-state index contributed by atoms with van der Waals surface area (Å²) in [5.74, 6) is -0.899. The van der Waals surface area contributed by atoms with Gasteiger partial charge in [0.25, 0.3) is 5.91 Å². The van der Waals surface area contributed by atoms with Crippen LogP contribution in [0.25, 0.3) is 11.1 Å². The molecule has 0 unspecified atom stereocenters. The quantitative estimate of drug-likeness (QED) is 0.751. The minimum Gasteiger partial charge on any atom is -0.408 e. The predicted molar refractivity (Wildman–Crippen MR) is 69.8 cm³/mol. The zero-order valence-corrected chi connectivity index (χ0v) is 10.8. The van der Waals surface area contributed by atoms with Crippen molar-refractivity contribution >= 4 is 17.0 Å². The molecule has 0 aliphatic rings. The maximum atomic E-state index is 11.4. The summed E-state index contributed by atoms with van der Waals surface area (Å²) in [4.78, 5) is 25.0. The van der Waals surface area contributed by atoms with Gasteiger partial charge in [0.1, 0.15) is 5.60 Å². The number of hydrogen-bond acceptors (Lipinski definition) is 4. The number of hydrogen-bond donors (Lipinski definition) is 3. The van der Waals surface area contributed by atoms with E-state index in [-0.39, 0.29) is 0 Å². The first kappa shape index (κ1) is 13.4. The molecular formula is C13H16N2O4. The third kappa shape index (κ3) is 3.23. The van der Waals surface area contributed by atoms with Crippen LogP contribution in [-0.4, -0.2) is 28.1 Å². The Balaban J connectivity index is 1.98. The zero-order chi connectivity index (χ0) is 14.0. The lowest BCUT2D eigenvalue weighted by molar-refractivity contribution is -0.136. The van der Waals surface area contributed by atoms with Gasteiger partial charge in [-0.2, -0.15) is 0 Å². The molecule has 102 valence electrons. The van der Waals surface area contributed by atoms with Crippen LogP contribution < -0.4 is 11.1 Å². The van der Waals surface area contributed by atoms with Gasteiger partial charge in [0.05, 0.1) is 5.52 Å². The molecule has 2 rings (SSSR count). The van der Waals surface area contributed by atoms with Crippen LogP contribution in [0.1, 0.15) is 19.4 Å². The number of amides is 1. The van der Waals surface area contributed by atoms with E-state index < -0.39 is 17.3 Å². The first-order chi connectivity index (χ1) is 8.86. The number of carbonyl (C=O) groups excluding carboxylic acids is 1. The first-order valence-electron chi connectivity index (χ1n) is 5.99. The van der Waals surface area contributed by atoms with Crippen molar-refractivity contribution in [2.45, 2.75) is 25.9 Å². The third-order valence-electron chi connectivity index (χ3n) is 2.74. The smallest absolute Gasteiger partial charge is 0.408 e. The lowest BCUT2D eigenvalue weighted by Crippen LogP contribution is -2.42. The van der Waals surface area contributed by atoms with Gasteiger partial charge in [-0.3, -0.25) is 9.78 Å². The van der Waals surface area contributed by atoms with E-state index in [9.17, 15) is 14.7 Å². The maximum Gasteiger partial charge on any atom is 0.417 e. The Morgan fingerprint density at radius 3 is 2.89 bits per heavy atom. The molecule has 6 heteroatoms. The van der Waals surface area contributed by atoms with Crippen LogP contribution in [0.4, 0.5) is 0 Å². The van der Waals surface area contributed by atoms with E-state index in [0.29, 0.717) is 24.1 Å². The van der Waals surface area contributed by atoms with E-state index in [1.807, 2.05) is 6.07 Å². The van der Waals surface area contributed by atoms with Crippen molar-refractivity contribution in [1.82, 2.24) is 10.3 Å². The summed E-state index contributed by atoms with van der Waals surface area (Å²) >= 11 is 0. The van der Waals surface area contributed by atoms with Crippen molar-refractivity contribution in [2.75, 3.05) is 6.54 Å². The van der Waals surface area contributed by atoms with Crippen LogP contribution in [0, 0.1) is 0 Å². The van der Waals surface area contributed by atoms with Gasteiger partial charge < -0.3 is 14.8 Å². The van der Waals surface area contributed by atoms with E-state index >= 15 is 0 Å². The Kier molecular flexibility index (Phi) is 3.44. The van der Waals surface area contributed by atoms with E-state index in [1.165, 1.54) is 13.8 Å². The molecule has 0 saturated carbocycles. The normalized spacial score (nSPS) is 11.7. The van der Waals surface area contributed by atoms with E-state index in [2.05, 4.69) is 10.3 Å². The second-order valence-electron chi connectivity index (χ2n) is 4.91.